The number of ketones is 1. The average Bonchev–Trinajstić information content (AvgIpc) is 2.06. The fraction of sp³-hybridized carbons (Fsp3) is 0.273. The first-order valence-corrected chi connectivity index (χ1v) is 4.14. The standard InChI is InChI=1S/C11H13O/c1-9(2)11(12)8-10-6-4-3-5-7-10/h3-9H,1-2H3. The SMILES string of the molecule is CC(C)C(=O)[CH]c1ccccc1. The average molecular weight is 161 g/mol. The minimum atomic E-state index is 0.0882. The summed E-state index contributed by atoms with van der Waals surface area (Å²) in [5.74, 6) is 0.270. The molecule has 0 aromatic heterocycles. The lowest BCUT2D eigenvalue weighted by molar-refractivity contribution is -0.118. The molecule has 0 spiro atoms. The summed E-state index contributed by atoms with van der Waals surface area (Å²) < 4.78 is 0. The molecule has 0 amide bonds. The maximum atomic E-state index is 11.3. The van der Waals surface area contributed by atoms with E-state index in [9.17, 15) is 4.79 Å². The second-order valence-corrected chi connectivity index (χ2v) is 3.11. The van der Waals surface area contributed by atoms with E-state index >= 15 is 0 Å². The molecule has 0 N–H and O–H groups in total. The predicted molar refractivity (Wildman–Crippen MR) is 49.7 cm³/mol. The van der Waals surface area contributed by atoms with E-state index in [0.717, 1.165) is 5.56 Å². The Hall–Kier alpha value is -1.11. The highest BCUT2D eigenvalue weighted by Crippen LogP contribution is 2.06. The molecule has 63 valence electrons. The van der Waals surface area contributed by atoms with E-state index in [2.05, 4.69) is 0 Å². The number of hydrogen-bond donors (Lipinski definition) is 0. The zero-order chi connectivity index (χ0) is 8.97. The highest BCUT2D eigenvalue weighted by Gasteiger charge is 2.07. The van der Waals surface area contributed by atoms with Crippen LogP contribution in [0.3, 0.4) is 0 Å². The number of carbonyl (C=O) groups is 1. The molecule has 0 aliphatic carbocycles. The molecule has 0 saturated heterocycles. The number of Topliss-reactive ketones (excluding diaryl/α,β-unsaturated/α-hetero) is 1. The molecule has 1 rings (SSSR count). The Balaban J connectivity index is 2.59. The highest BCUT2D eigenvalue weighted by atomic mass is 16.1. The van der Waals surface area contributed by atoms with Gasteiger partial charge in [-0.2, -0.15) is 0 Å². The largest absolute Gasteiger partial charge is 0.299 e. The molecule has 0 unspecified atom stereocenters. The van der Waals surface area contributed by atoms with Crippen LogP contribution in [-0.4, -0.2) is 5.78 Å². The van der Waals surface area contributed by atoms with E-state index in [0.29, 0.717) is 0 Å². The fourth-order valence-electron chi connectivity index (χ4n) is 0.880. The van der Waals surface area contributed by atoms with Gasteiger partial charge < -0.3 is 0 Å². The lowest BCUT2D eigenvalue weighted by Crippen LogP contribution is -2.07. The van der Waals surface area contributed by atoms with Gasteiger partial charge in [-0.05, 0) is 5.56 Å². The summed E-state index contributed by atoms with van der Waals surface area (Å²) in [6.45, 7) is 3.81. The van der Waals surface area contributed by atoms with Gasteiger partial charge >= 0.3 is 0 Å². The minimum absolute atomic E-state index is 0.0882. The molecule has 1 aromatic carbocycles. The van der Waals surface area contributed by atoms with Gasteiger partial charge in [0.2, 0.25) is 0 Å². The predicted octanol–water partition coefficient (Wildman–Crippen LogP) is 2.46. The van der Waals surface area contributed by atoms with Gasteiger partial charge in [-0.3, -0.25) is 4.79 Å². The second kappa shape index (κ2) is 4.05. The first kappa shape index (κ1) is 8.98. The van der Waals surface area contributed by atoms with Crippen LogP contribution >= 0.6 is 0 Å². The molecular formula is C11H13O. The van der Waals surface area contributed by atoms with Crippen LogP contribution in [0.5, 0.6) is 0 Å². The smallest absolute Gasteiger partial charge is 0.143 e. The molecule has 0 aliphatic rings. The van der Waals surface area contributed by atoms with E-state index in [1.807, 2.05) is 44.2 Å². The highest BCUT2D eigenvalue weighted by molar-refractivity contribution is 5.91. The monoisotopic (exact) mass is 161 g/mol. The third kappa shape index (κ3) is 2.50. The number of rotatable bonds is 3. The number of hydrogen-bond acceptors (Lipinski definition) is 1. The second-order valence-electron chi connectivity index (χ2n) is 3.11. The summed E-state index contributed by atoms with van der Waals surface area (Å²) in [4.78, 5) is 11.3. The van der Waals surface area contributed by atoms with Gasteiger partial charge in [0.1, 0.15) is 5.78 Å². The van der Waals surface area contributed by atoms with Gasteiger partial charge in [0.15, 0.2) is 0 Å². The number of benzene rings is 1. The summed E-state index contributed by atoms with van der Waals surface area (Å²) in [7, 11) is 0. The van der Waals surface area contributed by atoms with Crippen molar-refractivity contribution in [3.8, 4) is 0 Å². The van der Waals surface area contributed by atoms with Gasteiger partial charge in [0.05, 0.1) is 6.42 Å². The Kier molecular flexibility index (Phi) is 3.03. The lowest BCUT2D eigenvalue weighted by atomic mass is 10.0. The van der Waals surface area contributed by atoms with Crippen molar-refractivity contribution in [3.63, 3.8) is 0 Å². The Morgan fingerprint density at radius 2 is 1.83 bits per heavy atom. The van der Waals surface area contributed by atoms with E-state index in [-0.39, 0.29) is 11.7 Å². The first-order chi connectivity index (χ1) is 5.70. The molecule has 0 fully saturated rings. The van der Waals surface area contributed by atoms with Crippen molar-refractivity contribution in [1.82, 2.24) is 0 Å². The molecule has 1 nitrogen and oxygen atoms in total. The summed E-state index contributed by atoms with van der Waals surface area (Å²) >= 11 is 0. The Morgan fingerprint density at radius 1 is 1.25 bits per heavy atom. The number of carbonyl (C=O) groups excluding carboxylic acids is 1. The fourth-order valence-corrected chi connectivity index (χ4v) is 0.880. The van der Waals surface area contributed by atoms with Crippen molar-refractivity contribution in [2.75, 3.05) is 0 Å². The van der Waals surface area contributed by atoms with Gasteiger partial charge in [-0.1, -0.05) is 44.2 Å². The Morgan fingerprint density at radius 3 is 2.33 bits per heavy atom. The van der Waals surface area contributed by atoms with Crippen LogP contribution in [0.4, 0.5) is 0 Å². The topological polar surface area (TPSA) is 17.1 Å². The van der Waals surface area contributed by atoms with E-state index in [1.54, 1.807) is 6.42 Å². The van der Waals surface area contributed by atoms with Crippen LogP contribution in [0.2, 0.25) is 0 Å². The minimum Gasteiger partial charge on any atom is -0.299 e. The van der Waals surface area contributed by atoms with Crippen LogP contribution in [0, 0.1) is 12.3 Å². The van der Waals surface area contributed by atoms with Crippen LogP contribution < -0.4 is 0 Å². The molecule has 0 heterocycles. The normalized spacial score (nSPS) is 10.2. The first-order valence-electron chi connectivity index (χ1n) is 4.14. The van der Waals surface area contributed by atoms with Gasteiger partial charge in [-0.15, -0.1) is 0 Å². The van der Waals surface area contributed by atoms with Crippen LogP contribution in [-0.2, 0) is 4.79 Å². The molecule has 0 bridgehead atoms. The van der Waals surface area contributed by atoms with Crippen molar-refractivity contribution in [3.05, 3.63) is 42.3 Å². The maximum Gasteiger partial charge on any atom is 0.143 e. The van der Waals surface area contributed by atoms with Crippen molar-refractivity contribution in [1.29, 1.82) is 0 Å². The molecule has 0 aliphatic heterocycles. The summed E-state index contributed by atoms with van der Waals surface area (Å²) in [5, 5.41) is 0. The van der Waals surface area contributed by atoms with E-state index in [4.69, 9.17) is 0 Å². The van der Waals surface area contributed by atoms with E-state index in [1.165, 1.54) is 0 Å². The summed E-state index contributed by atoms with van der Waals surface area (Å²) in [6.07, 6.45) is 1.69. The van der Waals surface area contributed by atoms with Crippen molar-refractivity contribution < 1.29 is 4.79 Å². The molecule has 1 heteroatoms. The van der Waals surface area contributed by atoms with Crippen molar-refractivity contribution >= 4 is 5.78 Å². The molecule has 1 aromatic rings. The Labute approximate surface area is 73.4 Å². The molecule has 12 heavy (non-hydrogen) atoms. The van der Waals surface area contributed by atoms with Crippen LogP contribution in [0.25, 0.3) is 0 Å². The van der Waals surface area contributed by atoms with Crippen molar-refractivity contribution in [2.24, 2.45) is 5.92 Å². The van der Waals surface area contributed by atoms with Gasteiger partial charge in [0.25, 0.3) is 0 Å². The van der Waals surface area contributed by atoms with Crippen molar-refractivity contribution in [2.45, 2.75) is 13.8 Å². The van der Waals surface area contributed by atoms with E-state index < -0.39 is 0 Å². The van der Waals surface area contributed by atoms with Crippen LogP contribution in [0.15, 0.2) is 30.3 Å². The molecular weight excluding hydrogens is 148 g/mol. The zero-order valence-corrected chi connectivity index (χ0v) is 7.45. The van der Waals surface area contributed by atoms with Crippen LogP contribution in [0.1, 0.15) is 19.4 Å². The van der Waals surface area contributed by atoms with Gasteiger partial charge in [0, 0.05) is 5.92 Å². The lowest BCUT2D eigenvalue weighted by Gasteiger charge is -2.02. The summed E-state index contributed by atoms with van der Waals surface area (Å²) in [6, 6.07) is 9.66. The quantitative estimate of drug-likeness (QED) is 0.665. The summed E-state index contributed by atoms with van der Waals surface area (Å²) in [5.41, 5.74) is 0.983. The zero-order valence-electron chi connectivity index (χ0n) is 7.45. The third-order valence-corrected chi connectivity index (χ3v) is 1.68. The van der Waals surface area contributed by atoms with Gasteiger partial charge in [-0.25, -0.2) is 0 Å². The third-order valence-electron chi connectivity index (χ3n) is 1.68. The molecule has 0 atom stereocenters. The maximum absolute atomic E-state index is 11.3. The Bertz CT molecular complexity index is 249. The molecule has 1 radical (unpaired) electrons. The molecule has 0 saturated carbocycles.